The van der Waals surface area contributed by atoms with Crippen LogP contribution in [0.25, 0.3) is 22.2 Å². The fourth-order valence-corrected chi connectivity index (χ4v) is 6.99. The number of carbonyl (C=O) groups is 1. The average Bonchev–Trinajstić information content (AvgIpc) is 2.99. The van der Waals surface area contributed by atoms with Gasteiger partial charge in [-0.25, -0.2) is 14.2 Å². The minimum Gasteiger partial charge on any atom is -0.349 e. The maximum Gasteiger partial charge on any atom is 0.333 e. The number of halogens is 1. The van der Waals surface area contributed by atoms with Crippen molar-refractivity contribution < 1.29 is 9.18 Å². The summed E-state index contributed by atoms with van der Waals surface area (Å²) in [5.74, 6) is 1.11. The molecule has 0 atom stereocenters. The number of nitrogens with one attached hydrogen (secondary N) is 1. The van der Waals surface area contributed by atoms with E-state index in [9.17, 15) is 18.8 Å². The Hall–Kier alpha value is -3.79. The molecule has 1 saturated heterocycles. The molecule has 1 aliphatic heterocycles. The Bertz CT molecular complexity index is 1640. The van der Waals surface area contributed by atoms with Crippen LogP contribution in [0.2, 0.25) is 0 Å². The molecule has 0 spiro atoms. The Morgan fingerprint density at radius 2 is 1.52 bits per heavy atom. The standard InChI is InChI=1S/C30H30FN5O3S/c31-22-17-26-27(33-18-22)35(25-11-15-40-16-12-25)30(39)36(29(26)38)24-7-5-23(6-8-24)34-28(37)21-3-1-19(2-4-21)20-9-13-32-14-10-20/h1-4,9-10,13-14,17-18,23-25H,5-8,11-12,15-16H2,(H,34,37). The molecule has 6 rings (SSSR count). The van der Waals surface area contributed by atoms with Crippen LogP contribution in [0.4, 0.5) is 4.39 Å². The second-order valence-electron chi connectivity index (χ2n) is 10.5. The van der Waals surface area contributed by atoms with E-state index in [0.29, 0.717) is 31.2 Å². The van der Waals surface area contributed by atoms with E-state index in [4.69, 9.17) is 0 Å². The zero-order valence-corrected chi connectivity index (χ0v) is 22.8. The number of amides is 1. The summed E-state index contributed by atoms with van der Waals surface area (Å²) in [6.45, 7) is 0. The van der Waals surface area contributed by atoms with Crippen LogP contribution in [-0.4, -0.2) is 42.6 Å². The number of nitrogens with zero attached hydrogens (tertiary/aromatic N) is 4. The molecule has 1 N–H and O–H groups in total. The summed E-state index contributed by atoms with van der Waals surface area (Å²) in [7, 11) is 0. The fraction of sp³-hybridized carbons (Fsp3) is 0.367. The molecule has 0 unspecified atom stereocenters. The lowest BCUT2D eigenvalue weighted by Crippen LogP contribution is -2.46. The van der Waals surface area contributed by atoms with E-state index < -0.39 is 11.4 Å². The van der Waals surface area contributed by atoms with Crippen LogP contribution in [0.15, 0.2) is 70.6 Å². The van der Waals surface area contributed by atoms with Crippen LogP contribution in [0.5, 0.6) is 0 Å². The van der Waals surface area contributed by atoms with Gasteiger partial charge in [-0.3, -0.25) is 23.7 Å². The van der Waals surface area contributed by atoms with E-state index in [0.717, 1.165) is 41.7 Å². The molecule has 1 saturated carbocycles. The highest BCUT2D eigenvalue weighted by Crippen LogP contribution is 2.30. The van der Waals surface area contributed by atoms with Gasteiger partial charge in [-0.15, -0.1) is 0 Å². The minimum absolute atomic E-state index is 0.0588. The van der Waals surface area contributed by atoms with Gasteiger partial charge in [0.05, 0.1) is 11.6 Å². The topological polar surface area (TPSA) is 98.9 Å². The first-order valence-corrected chi connectivity index (χ1v) is 14.9. The third-order valence-corrected chi connectivity index (χ3v) is 9.09. The van der Waals surface area contributed by atoms with Gasteiger partial charge in [0.2, 0.25) is 0 Å². The minimum atomic E-state index is -0.597. The maximum absolute atomic E-state index is 14.1. The van der Waals surface area contributed by atoms with Gasteiger partial charge in [0.15, 0.2) is 0 Å². The van der Waals surface area contributed by atoms with E-state index in [1.54, 1.807) is 17.0 Å². The molecule has 2 fully saturated rings. The molecule has 40 heavy (non-hydrogen) atoms. The molecule has 1 aliphatic carbocycles. The van der Waals surface area contributed by atoms with Crippen molar-refractivity contribution in [2.24, 2.45) is 0 Å². The predicted octanol–water partition coefficient (Wildman–Crippen LogP) is 4.74. The van der Waals surface area contributed by atoms with Gasteiger partial charge in [0, 0.05) is 36.1 Å². The highest BCUT2D eigenvalue weighted by Gasteiger charge is 2.29. The number of pyridine rings is 2. The largest absolute Gasteiger partial charge is 0.349 e. The lowest BCUT2D eigenvalue weighted by atomic mass is 9.90. The first-order valence-electron chi connectivity index (χ1n) is 13.7. The van der Waals surface area contributed by atoms with E-state index in [2.05, 4.69) is 15.3 Å². The van der Waals surface area contributed by atoms with Gasteiger partial charge >= 0.3 is 5.69 Å². The maximum atomic E-state index is 14.1. The zero-order chi connectivity index (χ0) is 27.6. The van der Waals surface area contributed by atoms with E-state index >= 15 is 0 Å². The molecular weight excluding hydrogens is 529 g/mol. The van der Waals surface area contributed by atoms with Gasteiger partial charge < -0.3 is 5.32 Å². The number of aromatic nitrogens is 4. The van der Waals surface area contributed by atoms with Gasteiger partial charge in [0.1, 0.15) is 11.5 Å². The summed E-state index contributed by atoms with van der Waals surface area (Å²) in [5.41, 5.74) is 2.02. The number of hydrogen-bond acceptors (Lipinski definition) is 6. The highest BCUT2D eigenvalue weighted by atomic mass is 32.2. The molecule has 3 aromatic heterocycles. The number of hydrogen-bond donors (Lipinski definition) is 1. The molecular formula is C30H30FN5O3S. The molecule has 206 valence electrons. The lowest BCUT2D eigenvalue weighted by Gasteiger charge is -2.31. The lowest BCUT2D eigenvalue weighted by molar-refractivity contribution is 0.0922. The van der Waals surface area contributed by atoms with Crippen molar-refractivity contribution in [1.29, 1.82) is 0 Å². The summed E-state index contributed by atoms with van der Waals surface area (Å²) < 4.78 is 17.1. The zero-order valence-electron chi connectivity index (χ0n) is 22.0. The Morgan fingerprint density at radius 1 is 0.875 bits per heavy atom. The second-order valence-corrected chi connectivity index (χ2v) is 11.7. The number of carbonyl (C=O) groups excluding carboxylic acids is 1. The summed E-state index contributed by atoms with van der Waals surface area (Å²) in [5, 5.41) is 3.26. The Kier molecular flexibility index (Phi) is 7.51. The first kappa shape index (κ1) is 26.4. The van der Waals surface area contributed by atoms with Gasteiger partial charge in [-0.05, 0) is 91.5 Å². The molecule has 0 bridgehead atoms. The highest BCUT2D eigenvalue weighted by molar-refractivity contribution is 7.99. The quantitative estimate of drug-likeness (QED) is 0.379. The molecule has 4 aromatic rings. The van der Waals surface area contributed by atoms with E-state index in [-0.39, 0.29) is 40.8 Å². The van der Waals surface area contributed by atoms with Crippen molar-refractivity contribution in [1.82, 2.24) is 24.4 Å². The molecule has 2 aliphatic rings. The van der Waals surface area contributed by atoms with Crippen molar-refractivity contribution in [3.8, 4) is 11.1 Å². The summed E-state index contributed by atoms with van der Waals surface area (Å²) in [4.78, 5) is 48.4. The van der Waals surface area contributed by atoms with Crippen molar-refractivity contribution >= 4 is 28.7 Å². The molecule has 1 aromatic carbocycles. The van der Waals surface area contributed by atoms with Crippen LogP contribution in [-0.2, 0) is 0 Å². The average molecular weight is 560 g/mol. The molecule has 4 heterocycles. The SMILES string of the molecule is O=C(NC1CCC(n2c(=O)c3cc(F)cnc3n(C3CCSCC3)c2=O)CC1)c1ccc(-c2ccncc2)cc1. The molecule has 10 heteroatoms. The Balaban J connectivity index is 1.19. The van der Waals surface area contributed by atoms with Crippen LogP contribution >= 0.6 is 11.8 Å². The van der Waals surface area contributed by atoms with Gasteiger partial charge in [-0.1, -0.05) is 12.1 Å². The Morgan fingerprint density at radius 3 is 2.23 bits per heavy atom. The fourth-order valence-electron chi connectivity index (χ4n) is 5.90. The number of fused-ring (bicyclic) bond motifs is 1. The number of benzene rings is 1. The van der Waals surface area contributed by atoms with Crippen molar-refractivity contribution in [2.75, 3.05) is 11.5 Å². The van der Waals surface area contributed by atoms with Crippen LogP contribution in [0, 0.1) is 5.82 Å². The number of thioether (sulfide) groups is 1. The first-order chi connectivity index (χ1) is 19.5. The smallest absolute Gasteiger partial charge is 0.333 e. The summed E-state index contributed by atoms with van der Waals surface area (Å²) in [6.07, 6.45) is 8.55. The van der Waals surface area contributed by atoms with Crippen molar-refractivity contribution in [3.05, 3.63) is 93.3 Å². The second kappa shape index (κ2) is 11.4. The van der Waals surface area contributed by atoms with E-state index in [1.165, 1.54) is 10.6 Å². The molecule has 0 radical (unpaired) electrons. The summed E-state index contributed by atoms with van der Waals surface area (Å²) >= 11 is 1.84. The third kappa shape index (κ3) is 5.20. The summed E-state index contributed by atoms with van der Waals surface area (Å²) in [6, 6.07) is 12.1. The van der Waals surface area contributed by atoms with Crippen LogP contribution in [0.3, 0.4) is 0 Å². The van der Waals surface area contributed by atoms with Gasteiger partial charge in [-0.2, -0.15) is 11.8 Å². The van der Waals surface area contributed by atoms with Gasteiger partial charge in [0.25, 0.3) is 11.5 Å². The predicted molar refractivity (Wildman–Crippen MR) is 154 cm³/mol. The van der Waals surface area contributed by atoms with Crippen molar-refractivity contribution in [2.45, 2.75) is 56.7 Å². The normalized spacial score (nSPS) is 19.9. The molecule has 1 amide bonds. The third-order valence-electron chi connectivity index (χ3n) is 8.04. The monoisotopic (exact) mass is 559 g/mol. The van der Waals surface area contributed by atoms with Crippen molar-refractivity contribution in [3.63, 3.8) is 0 Å². The molecule has 8 nitrogen and oxygen atoms in total. The number of rotatable bonds is 5. The van der Waals surface area contributed by atoms with Crippen LogP contribution < -0.4 is 16.6 Å². The Labute approximate surface area is 234 Å². The van der Waals surface area contributed by atoms with Crippen LogP contribution in [0.1, 0.15) is 61.0 Å². The van der Waals surface area contributed by atoms with E-state index in [1.807, 2.05) is 48.2 Å².